The monoisotopic (exact) mass is 396 g/mol. The van der Waals surface area contributed by atoms with Crippen molar-refractivity contribution in [1.82, 2.24) is 0 Å². The highest BCUT2D eigenvalue weighted by Crippen LogP contribution is 2.39. The number of amides is 2. The second kappa shape index (κ2) is 7.37. The van der Waals surface area contributed by atoms with Gasteiger partial charge in [0.1, 0.15) is 5.00 Å². The van der Waals surface area contributed by atoms with Crippen LogP contribution in [0.25, 0.3) is 10.8 Å². The number of aryl methyl sites for hydroxylation is 1. The lowest BCUT2D eigenvalue weighted by atomic mass is 10.1. The van der Waals surface area contributed by atoms with E-state index in [-0.39, 0.29) is 11.2 Å². The molecule has 138 valence electrons. The van der Waals surface area contributed by atoms with E-state index in [2.05, 4.69) is 29.6 Å². The van der Waals surface area contributed by atoms with Crippen molar-refractivity contribution in [1.29, 1.82) is 0 Å². The SMILES string of the molecule is C[C@@H](Sc1ccc2ccccc2c1)C(=O)Nc1sc2c(c1C(N)=O)CCC2. The van der Waals surface area contributed by atoms with E-state index in [0.717, 1.165) is 35.1 Å². The molecule has 0 fully saturated rings. The maximum absolute atomic E-state index is 12.7. The molecular formula is C21H20N2O2S2. The van der Waals surface area contributed by atoms with Gasteiger partial charge in [0.15, 0.2) is 0 Å². The summed E-state index contributed by atoms with van der Waals surface area (Å²) in [6.07, 6.45) is 2.86. The number of benzene rings is 2. The molecule has 1 atom stereocenters. The molecule has 6 heteroatoms. The van der Waals surface area contributed by atoms with Crippen molar-refractivity contribution in [3.63, 3.8) is 0 Å². The number of anilines is 1. The molecule has 0 saturated heterocycles. The number of primary amides is 1. The van der Waals surface area contributed by atoms with Crippen molar-refractivity contribution in [2.24, 2.45) is 5.73 Å². The Morgan fingerprint density at radius 3 is 2.70 bits per heavy atom. The van der Waals surface area contributed by atoms with Gasteiger partial charge in [-0.3, -0.25) is 9.59 Å². The highest BCUT2D eigenvalue weighted by molar-refractivity contribution is 8.00. The first-order valence-corrected chi connectivity index (χ1v) is 10.6. The summed E-state index contributed by atoms with van der Waals surface area (Å²) in [5, 5.41) is 5.58. The van der Waals surface area contributed by atoms with Crippen LogP contribution in [0.5, 0.6) is 0 Å². The van der Waals surface area contributed by atoms with Crippen LogP contribution in [-0.2, 0) is 17.6 Å². The molecule has 4 nitrogen and oxygen atoms in total. The molecule has 0 bridgehead atoms. The van der Waals surface area contributed by atoms with Crippen molar-refractivity contribution >= 4 is 50.7 Å². The lowest BCUT2D eigenvalue weighted by Gasteiger charge is -2.12. The molecule has 0 saturated carbocycles. The van der Waals surface area contributed by atoms with Crippen LogP contribution in [0.4, 0.5) is 5.00 Å². The fourth-order valence-corrected chi connectivity index (χ4v) is 5.68. The van der Waals surface area contributed by atoms with Gasteiger partial charge in [0.25, 0.3) is 5.91 Å². The van der Waals surface area contributed by atoms with Crippen LogP contribution < -0.4 is 11.1 Å². The lowest BCUT2D eigenvalue weighted by molar-refractivity contribution is -0.115. The van der Waals surface area contributed by atoms with Crippen LogP contribution in [0.3, 0.4) is 0 Å². The third-order valence-electron chi connectivity index (χ3n) is 4.81. The molecule has 2 aromatic carbocycles. The average molecular weight is 397 g/mol. The van der Waals surface area contributed by atoms with Gasteiger partial charge in [-0.05, 0) is 54.7 Å². The fraction of sp³-hybridized carbons (Fsp3) is 0.238. The van der Waals surface area contributed by atoms with E-state index in [9.17, 15) is 9.59 Å². The summed E-state index contributed by atoms with van der Waals surface area (Å²) in [4.78, 5) is 26.8. The number of thioether (sulfide) groups is 1. The molecule has 0 spiro atoms. The summed E-state index contributed by atoms with van der Waals surface area (Å²) >= 11 is 3.00. The Labute approximate surface area is 166 Å². The number of carbonyl (C=O) groups is 2. The molecule has 2 amide bonds. The largest absolute Gasteiger partial charge is 0.365 e. The Hall–Kier alpha value is -2.31. The normalized spacial score (nSPS) is 14.1. The van der Waals surface area contributed by atoms with E-state index in [1.165, 1.54) is 33.4 Å². The predicted octanol–water partition coefficient (Wildman–Crippen LogP) is 4.61. The van der Waals surface area contributed by atoms with Gasteiger partial charge in [0.2, 0.25) is 5.91 Å². The van der Waals surface area contributed by atoms with Gasteiger partial charge in [-0.2, -0.15) is 0 Å². The molecule has 0 aliphatic heterocycles. The Bertz CT molecular complexity index is 1040. The second-order valence-electron chi connectivity index (χ2n) is 6.68. The van der Waals surface area contributed by atoms with Crippen LogP contribution in [0.2, 0.25) is 0 Å². The summed E-state index contributed by atoms with van der Waals surface area (Å²) in [5.74, 6) is -0.574. The summed E-state index contributed by atoms with van der Waals surface area (Å²) < 4.78 is 0. The molecule has 1 aliphatic rings. The van der Waals surface area contributed by atoms with Crippen LogP contribution in [0.15, 0.2) is 47.4 Å². The molecule has 4 rings (SSSR count). The van der Waals surface area contributed by atoms with Gasteiger partial charge in [0.05, 0.1) is 10.8 Å². The zero-order chi connectivity index (χ0) is 19.0. The van der Waals surface area contributed by atoms with Gasteiger partial charge in [-0.1, -0.05) is 30.3 Å². The third-order valence-corrected chi connectivity index (χ3v) is 7.11. The number of hydrogen-bond donors (Lipinski definition) is 2. The van der Waals surface area contributed by atoms with E-state index in [4.69, 9.17) is 5.73 Å². The minimum absolute atomic E-state index is 0.115. The standard InChI is InChI=1S/C21H20N2O2S2/c1-12(26-15-10-9-13-5-2-3-6-14(13)11-15)20(25)23-21-18(19(22)24)16-7-4-8-17(16)27-21/h2-3,5-6,9-12H,4,7-8H2,1H3,(H2,22,24)(H,23,25)/t12-/m1/s1. The summed E-state index contributed by atoms with van der Waals surface area (Å²) in [5.41, 5.74) is 7.10. The fourth-order valence-electron chi connectivity index (χ4n) is 3.46. The Morgan fingerprint density at radius 1 is 1.15 bits per heavy atom. The molecular weight excluding hydrogens is 376 g/mol. The van der Waals surface area contributed by atoms with Gasteiger partial charge in [-0.15, -0.1) is 23.1 Å². The first-order chi connectivity index (χ1) is 13.0. The molecule has 0 unspecified atom stereocenters. The number of hydrogen-bond acceptors (Lipinski definition) is 4. The zero-order valence-electron chi connectivity index (χ0n) is 15.0. The number of thiophene rings is 1. The van der Waals surface area contributed by atoms with Crippen molar-refractivity contribution in [2.45, 2.75) is 36.3 Å². The van der Waals surface area contributed by atoms with Gasteiger partial charge in [-0.25, -0.2) is 0 Å². The van der Waals surface area contributed by atoms with E-state index in [1.807, 2.05) is 25.1 Å². The smallest absolute Gasteiger partial charge is 0.251 e. The van der Waals surface area contributed by atoms with Crippen molar-refractivity contribution in [3.05, 3.63) is 58.5 Å². The lowest BCUT2D eigenvalue weighted by Crippen LogP contribution is -2.24. The van der Waals surface area contributed by atoms with Gasteiger partial charge < -0.3 is 11.1 Å². The van der Waals surface area contributed by atoms with E-state index >= 15 is 0 Å². The first kappa shape index (κ1) is 18.1. The maximum Gasteiger partial charge on any atom is 0.251 e. The molecule has 1 aliphatic carbocycles. The highest BCUT2D eigenvalue weighted by atomic mass is 32.2. The number of rotatable bonds is 5. The number of nitrogens with two attached hydrogens (primary N) is 1. The summed E-state index contributed by atoms with van der Waals surface area (Å²) in [7, 11) is 0. The quantitative estimate of drug-likeness (QED) is 0.619. The molecule has 3 N–H and O–H groups in total. The van der Waals surface area contributed by atoms with E-state index in [1.54, 1.807) is 0 Å². The number of fused-ring (bicyclic) bond motifs is 2. The molecule has 0 radical (unpaired) electrons. The Morgan fingerprint density at radius 2 is 1.93 bits per heavy atom. The van der Waals surface area contributed by atoms with Crippen LogP contribution in [0.1, 0.15) is 34.1 Å². The average Bonchev–Trinajstić information content (AvgIpc) is 3.21. The minimum atomic E-state index is -0.459. The van der Waals surface area contributed by atoms with Crippen molar-refractivity contribution in [3.8, 4) is 0 Å². The highest BCUT2D eigenvalue weighted by Gasteiger charge is 2.27. The number of carbonyl (C=O) groups excluding carboxylic acids is 2. The predicted molar refractivity (Wildman–Crippen MR) is 113 cm³/mol. The van der Waals surface area contributed by atoms with Gasteiger partial charge >= 0.3 is 0 Å². The topological polar surface area (TPSA) is 72.2 Å². The molecule has 3 aromatic rings. The molecule has 27 heavy (non-hydrogen) atoms. The summed E-state index contributed by atoms with van der Waals surface area (Å²) in [6, 6.07) is 14.4. The third kappa shape index (κ3) is 3.59. The van der Waals surface area contributed by atoms with E-state index in [0.29, 0.717) is 10.6 Å². The Kier molecular flexibility index (Phi) is 4.93. The second-order valence-corrected chi connectivity index (χ2v) is 9.20. The number of nitrogens with one attached hydrogen (secondary N) is 1. The first-order valence-electron chi connectivity index (χ1n) is 8.93. The zero-order valence-corrected chi connectivity index (χ0v) is 16.6. The molecule has 1 aromatic heterocycles. The van der Waals surface area contributed by atoms with Crippen LogP contribution in [-0.4, -0.2) is 17.1 Å². The maximum atomic E-state index is 12.7. The van der Waals surface area contributed by atoms with Gasteiger partial charge in [0, 0.05) is 9.77 Å². The van der Waals surface area contributed by atoms with Crippen LogP contribution in [0, 0.1) is 0 Å². The van der Waals surface area contributed by atoms with E-state index < -0.39 is 5.91 Å². The van der Waals surface area contributed by atoms with Crippen LogP contribution >= 0.6 is 23.1 Å². The van der Waals surface area contributed by atoms with Crippen molar-refractivity contribution in [2.75, 3.05) is 5.32 Å². The summed E-state index contributed by atoms with van der Waals surface area (Å²) in [6.45, 7) is 1.88. The Balaban J connectivity index is 1.50. The van der Waals surface area contributed by atoms with Crippen molar-refractivity contribution < 1.29 is 9.59 Å². The molecule has 1 heterocycles. The minimum Gasteiger partial charge on any atom is -0.365 e.